The Kier molecular flexibility index (Phi) is 2.13. The average Bonchev–Trinajstić information content (AvgIpc) is 2.97. The van der Waals surface area contributed by atoms with E-state index in [0.717, 1.165) is 18.3 Å². The van der Waals surface area contributed by atoms with Crippen molar-refractivity contribution in [1.29, 1.82) is 0 Å². The highest BCUT2D eigenvalue weighted by Gasteiger charge is 2.38. The van der Waals surface area contributed by atoms with Crippen molar-refractivity contribution in [1.82, 2.24) is 0 Å². The Balaban J connectivity index is 2.17. The summed E-state index contributed by atoms with van der Waals surface area (Å²) in [6.07, 6.45) is 1.76. The molecule has 68 valence electrons. The second-order valence-electron chi connectivity index (χ2n) is 3.54. The molecular formula is C11H11FO. The van der Waals surface area contributed by atoms with Gasteiger partial charge in [-0.3, -0.25) is 9.18 Å². The molecule has 0 bridgehead atoms. The average molecular weight is 178 g/mol. The first kappa shape index (κ1) is 8.42. The smallest absolute Gasteiger partial charge is 0.150 e. The number of hydrogen-bond donors (Lipinski definition) is 0. The Morgan fingerprint density at radius 1 is 1.54 bits per heavy atom. The summed E-state index contributed by atoms with van der Waals surface area (Å²) in [6.45, 7) is -0.240. The van der Waals surface area contributed by atoms with Gasteiger partial charge in [-0.25, -0.2) is 0 Å². The van der Waals surface area contributed by atoms with Gasteiger partial charge in [0.2, 0.25) is 0 Å². The van der Waals surface area contributed by atoms with E-state index in [1.165, 1.54) is 0 Å². The number of hydrogen-bond acceptors (Lipinski definition) is 1. The third-order valence-electron chi connectivity index (χ3n) is 2.60. The van der Waals surface area contributed by atoms with Crippen molar-refractivity contribution in [3.63, 3.8) is 0 Å². The molecule has 2 rings (SSSR count). The van der Waals surface area contributed by atoms with Gasteiger partial charge in [-0.05, 0) is 29.9 Å². The number of rotatable bonds is 3. The van der Waals surface area contributed by atoms with Crippen LogP contribution in [0.5, 0.6) is 0 Å². The largest absolute Gasteiger partial charge is 0.298 e. The minimum absolute atomic E-state index is 0.196. The van der Waals surface area contributed by atoms with E-state index in [0.29, 0.717) is 11.5 Å². The van der Waals surface area contributed by atoms with Gasteiger partial charge in [0.25, 0.3) is 0 Å². The van der Waals surface area contributed by atoms with Gasteiger partial charge in [0.05, 0.1) is 6.67 Å². The molecule has 1 saturated carbocycles. The topological polar surface area (TPSA) is 17.1 Å². The lowest BCUT2D eigenvalue weighted by Crippen LogP contribution is -1.87. The lowest BCUT2D eigenvalue weighted by atomic mass is 10.1. The van der Waals surface area contributed by atoms with E-state index in [9.17, 15) is 9.18 Å². The molecule has 2 atom stereocenters. The Hall–Kier alpha value is -1.18. The minimum atomic E-state index is -0.240. The lowest BCUT2D eigenvalue weighted by Gasteiger charge is -1.98. The number of carbonyl (C=O) groups excluding carboxylic acids is 1. The second kappa shape index (κ2) is 3.29. The normalized spacial score (nSPS) is 25.6. The van der Waals surface area contributed by atoms with Crippen LogP contribution in [0.2, 0.25) is 0 Å². The van der Waals surface area contributed by atoms with Crippen molar-refractivity contribution in [3.8, 4) is 0 Å². The van der Waals surface area contributed by atoms with Gasteiger partial charge in [0, 0.05) is 5.56 Å². The number of aldehydes is 1. The van der Waals surface area contributed by atoms with Crippen LogP contribution < -0.4 is 0 Å². The SMILES string of the molecule is O=Cc1cccc(C2CC2CF)c1. The molecule has 2 heteroatoms. The molecule has 0 radical (unpaired) electrons. The zero-order valence-electron chi connectivity index (χ0n) is 7.24. The molecule has 1 aromatic rings. The first-order valence-electron chi connectivity index (χ1n) is 4.46. The van der Waals surface area contributed by atoms with Crippen molar-refractivity contribution < 1.29 is 9.18 Å². The van der Waals surface area contributed by atoms with E-state index in [4.69, 9.17) is 0 Å². The molecule has 13 heavy (non-hydrogen) atoms. The molecule has 0 aromatic heterocycles. The van der Waals surface area contributed by atoms with Crippen molar-refractivity contribution in [2.75, 3.05) is 6.67 Å². The van der Waals surface area contributed by atoms with Gasteiger partial charge in [-0.1, -0.05) is 18.2 Å². The van der Waals surface area contributed by atoms with E-state index >= 15 is 0 Å². The van der Waals surface area contributed by atoms with Crippen LogP contribution >= 0.6 is 0 Å². The Bertz CT molecular complexity index is 322. The zero-order chi connectivity index (χ0) is 9.26. The van der Waals surface area contributed by atoms with Crippen LogP contribution in [0.25, 0.3) is 0 Å². The summed E-state index contributed by atoms with van der Waals surface area (Å²) in [6, 6.07) is 7.44. The standard InChI is InChI=1S/C11H11FO/c12-6-10-5-11(10)9-3-1-2-8(4-9)7-13/h1-4,7,10-11H,5-6H2. The van der Waals surface area contributed by atoms with Crippen LogP contribution in [0, 0.1) is 5.92 Å². The fourth-order valence-electron chi connectivity index (χ4n) is 1.69. The Morgan fingerprint density at radius 2 is 2.38 bits per heavy atom. The molecule has 0 amide bonds. The van der Waals surface area contributed by atoms with Crippen LogP contribution in [0.15, 0.2) is 24.3 Å². The molecule has 1 fully saturated rings. The van der Waals surface area contributed by atoms with Crippen molar-refractivity contribution >= 4 is 6.29 Å². The molecule has 2 unspecified atom stereocenters. The molecule has 0 spiro atoms. The number of halogens is 1. The Labute approximate surface area is 76.6 Å². The maximum Gasteiger partial charge on any atom is 0.150 e. The number of carbonyl (C=O) groups is 1. The highest BCUT2D eigenvalue weighted by atomic mass is 19.1. The minimum Gasteiger partial charge on any atom is -0.298 e. The third kappa shape index (κ3) is 1.62. The van der Waals surface area contributed by atoms with E-state index in [1.54, 1.807) is 6.07 Å². The van der Waals surface area contributed by atoms with Crippen LogP contribution in [0.1, 0.15) is 28.3 Å². The van der Waals surface area contributed by atoms with E-state index in [1.807, 2.05) is 18.2 Å². The summed E-state index contributed by atoms with van der Waals surface area (Å²) in [5.41, 5.74) is 1.79. The predicted octanol–water partition coefficient (Wildman–Crippen LogP) is 2.57. The number of alkyl halides is 1. The summed E-state index contributed by atoms with van der Waals surface area (Å²) in [4.78, 5) is 10.5. The monoisotopic (exact) mass is 178 g/mol. The van der Waals surface area contributed by atoms with E-state index < -0.39 is 0 Å². The van der Waals surface area contributed by atoms with Gasteiger partial charge in [-0.2, -0.15) is 0 Å². The first-order valence-corrected chi connectivity index (χ1v) is 4.46. The van der Waals surface area contributed by atoms with Gasteiger partial charge >= 0.3 is 0 Å². The summed E-state index contributed by atoms with van der Waals surface area (Å²) >= 11 is 0. The molecule has 0 N–H and O–H groups in total. The fraction of sp³-hybridized carbons (Fsp3) is 0.364. The lowest BCUT2D eigenvalue weighted by molar-refractivity contribution is 0.112. The predicted molar refractivity (Wildman–Crippen MR) is 48.7 cm³/mol. The van der Waals surface area contributed by atoms with Crippen LogP contribution in [0.4, 0.5) is 4.39 Å². The van der Waals surface area contributed by atoms with Crippen molar-refractivity contribution in [2.24, 2.45) is 5.92 Å². The highest BCUT2D eigenvalue weighted by molar-refractivity contribution is 5.75. The van der Waals surface area contributed by atoms with Gasteiger partial charge in [0.15, 0.2) is 0 Å². The molecule has 1 aromatic carbocycles. The van der Waals surface area contributed by atoms with Crippen LogP contribution in [-0.4, -0.2) is 13.0 Å². The van der Waals surface area contributed by atoms with Crippen molar-refractivity contribution in [3.05, 3.63) is 35.4 Å². The molecule has 1 aliphatic carbocycles. The van der Waals surface area contributed by atoms with Gasteiger partial charge in [-0.15, -0.1) is 0 Å². The maximum absolute atomic E-state index is 12.2. The molecule has 0 aliphatic heterocycles. The molecule has 1 aliphatic rings. The van der Waals surface area contributed by atoms with Gasteiger partial charge < -0.3 is 0 Å². The fourth-order valence-corrected chi connectivity index (χ4v) is 1.69. The molecule has 0 saturated heterocycles. The Morgan fingerprint density at radius 3 is 3.00 bits per heavy atom. The van der Waals surface area contributed by atoms with E-state index in [-0.39, 0.29) is 12.6 Å². The van der Waals surface area contributed by atoms with Gasteiger partial charge in [0.1, 0.15) is 6.29 Å². The quantitative estimate of drug-likeness (QED) is 0.650. The molecule has 1 nitrogen and oxygen atoms in total. The highest BCUT2D eigenvalue weighted by Crippen LogP contribution is 2.47. The summed E-state index contributed by atoms with van der Waals surface area (Å²) in [5, 5.41) is 0. The first-order chi connectivity index (χ1) is 6.35. The zero-order valence-corrected chi connectivity index (χ0v) is 7.24. The third-order valence-corrected chi connectivity index (χ3v) is 2.60. The van der Waals surface area contributed by atoms with Crippen molar-refractivity contribution in [2.45, 2.75) is 12.3 Å². The van der Waals surface area contributed by atoms with Crippen LogP contribution in [-0.2, 0) is 0 Å². The van der Waals surface area contributed by atoms with E-state index in [2.05, 4.69) is 0 Å². The summed E-state index contributed by atoms with van der Waals surface area (Å²) in [5.74, 6) is 0.548. The number of benzene rings is 1. The summed E-state index contributed by atoms with van der Waals surface area (Å²) < 4.78 is 12.2. The second-order valence-corrected chi connectivity index (χ2v) is 3.54. The molecule has 0 heterocycles. The maximum atomic E-state index is 12.2. The summed E-state index contributed by atoms with van der Waals surface area (Å²) in [7, 11) is 0. The molecular weight excluding hydrogens is 167 g/mol. The van der Waals surface area contributed by atoms with Crippen LogP contribution in [0.3, 0.4) is 0 Å².